The molecule has 4 heterocycles. The molecule has 0 radical (unpaired) electrons. The summed E-state index contributed by atoms with van der Waals surface area (Å²) in [6.45, 7) is -0.203. The Labute approximate surface area is 181 Å². The molecule has 32 heavy (non-hydrogen) atoms. The number of piperidine rings is 1. The molecule has 2 fully saturated rings. The number of rotatable bonds is 7. The number of halogens is 4. The van der Waals surface area contributed by atoms with E-state index in [-0.39, 0.29) is 28.8 Å². The standard InChI is InChI=1S/C21H21F4N3O4/c1-30-17-14(31-12-21(24,25)19(22)23)6-5-13(27-17)18(29)28-9-7-20(11-32-16(20)10-28)15-4-2-3-8-26-15/h2-6,8,16,19H,7,9-12H2,1H3/t16-,20-/m0/s1. The van der Waals surface area contributed by atoms with Gasteiger partial charge in [-0.25, -0.2) is 13.8 Å². The summed E-state index contributed by atoms with van der Waals surface area (Å²) in [5.41, 5.74) is 0.723. The van der Waals surface area contributed by atoms with Crippen molar-refractivity contribution < 1.29 is 36.6 Å². The topological polar surface area (TPSA) is 73.8 Å². The van der Waals surface area contributed by atoms with Gasteiger partial charge < -0.3 is 19.1 Å². The first-order valence-corrected chi connectivity index (χ1v) is 9.93. The summed E-state index contributed by atoms with van der Waals surface area (Å²) in [6.07, 6.45) is -1.67. The van der Waals surface area contributed by atoms with Gasteiger partial charge in [-0.1, -0.05) is 6.07 Å². The summed E-state index contributed by atoms with van der Waals surface area (Å²) in [7, 11) is 1.21. The van der Waals surface area contributed by atoms with Crippen LogP contribution in [0.5, 0.6) is 11.6 Å². The third kappa shape index (κ3) is 3.96. The van der Waals surface area contributed by atoms with Crippen molar-refractivity contribution >= 4 is 5.91 Å². The number of fused-ring (bicyclic) bond motifs is 1. The molecule has 0 spiro atoms. The van der Waals surface area contributed by atoms with Crippen molar-refractivity contribution in [3.63, 3.8) is 0 Å². The minimum Gasteiger partial charge on any atom is -0.481 e. The number of nitrogens with zero attached hydrogens (tertiary/aromatic N) is 3. The lowest BCUT2D eigenvalue weighted by Gasteiger charge is -2.54. The molecule has 1 amide bonds. The third-order valence-corrected chi connectivity index (χ3v) is 5.81. The molecule has 2 aromatic heterocycles. The minimum absolute atomic E-state index is 0.0134. The Hall–Kier alpha value is -2.95. The second kappa shape index (κ2) is 8.53. The van der Waals surface area contributed by atoms with Gasteiger partial charge in [-0.2, -0.15) is 8.78 Å². The van der Waals surface area contributed by atoms with E-state index in [1.54, 1.807) is 11.1 Å². The van der Waals surface area contributed by atoms with E-state index in [9.17, 15) is 22.4 Å². The molecule has 2 aromatic rings. The summed E-state index contributed by atoms with van der Waals surface area (Å²) in [4.78, 5) is 23.1. The Morgan fingerprint density at radius 1 is 1.34 bits per heavy atom. The number of methoxy groups -OCH3 is 1. The Kier molecular flexibility index (Phi) is 5.93. The fourth-order valence-electron chi connectivity index (χ4n) is 3.90. The van der Waals surface area contributed by atoms with Gasteiger partial charge in [0.2, 0.25) is 0 Å². The molecule has 2 saturated heterocycles. The monoisotopic (exact) mass is 455 g/mol. The number of alkyl halides is 4. The van der Waals surface area contributed by atoms with Gasteiger partial charge >= 0.3 is 12.3 Å². The van der Waals surface area contributed by atoms with Crippen molar-refractivity contribution in [3.05, 3.63) is 47.9 Å². The lowest BCUT2D eigenvalue weighted by atomic mass is 9.70. The zero-order chi connectivity index (χ0) is 22.9. The number of aromatic nitrogens is 2. The smallest absolute Gasteiger partial charge is 0.340 e. The number of ether oxygens (including phenoxy) is 3. The van der Waals surface area contributed by atoms with Gasteiger partial charge in [0.25, 0.3) is 11.8 Å². The Morgan fingerprint density at radius 2 is 2.16 bits per heavy atom. The highest BCUT2D eigenvalue weighted by Crippen LogP contribution is 2.44. The molecule has 2 atom stereocenters. The SMILES string of the molecule is COc1nc(C(=O)N2CC[C@@]3(c4ccccn4)CO[C@H]3C2)ccc1OCC(F)(F)C(F)F. The summed E-state index contributed by atoms with van der Waals surface area (Å²) in [5, 5.41) is 0. The summed E-state index contributed by atoms with van der Waals surface area (Å²) >= 11 is 0. The maximum Gasteiger partial charge on any atom is 0.340 e. The van der Waals surface area contributed by atoms with Crippen LogP contribution in [0.4, 0.5) is 17.6 Å². The average Bonchev–Trinajstić information content (AvgIpc) is 2.78. The number of hydrogen-bond acceptors (Lipinski definition) is 6. The van der Waals surface area contributed by atoms with Crippen LogP contribution in [0.15, 0.2) is 36.5 Å². The van der Waals surface area contributed by atoms with Gasteiger partial charge in [-0.3, -0.25) is 9.78 Å². The van der Waals surface area contributed by atoms with Gasteiger partial charge in [-0.05, 0) is 30.7 Å². The van der Waals surface area contributed by atoms with E-state index in [1.807, 2.05) is 18.2 Å². The molecule has 0 unspecified atom stereocenters. The van der Waals surface area contributed by atoms with E-state index < -0.39 is 24.9 Å². The number of carbonyl (C=O) groups is 1. The average molecular weight is 455 g/mol. The van der Waals surface area contributed by atoms with Crippen molar-refractivity contribution in [2.24, 2.45) is 0 Å². The molecular formula is C21H21F4N3O4. The van der Waals surface area contributed by atoms with Crippen LogP contribution in [0, 0.1) is 0 Å². The Balaban J connectivity index is 1.45. The van der Waals surface area contributed by atoms with Crippen LogP contribution in [0.25, 0.3) is 0 Å². The molecule has 4 rings (SSSR count). The molecule has 0 bridgehead atoms. The summed E-state index contributed by atoms with van der Waals surface area (Å²) in [6, 6.07) is 8.19. The van der Waals surface area contributed by atoms with Crippen LogP contribution >= 0.6 is 0 Å². The number of pyridine rings is 2. The van der Waals surface area contributed by atoms with E-state index in [0.29, 0.717) is 26.1 Å². The van der Waals surface area contributed by atoms with Crippen molar-refractivity contribution in [2.75, 3.05) is 33.4 Å². The molecule has 0 aromatic carbocycles. The molecule has 0 N–H and O–H groups in total. The minimum atomic E-state index is -4.32. The van der Waals surface area contributed by atoms with Crippen LogP contribution in [0.1, 0.15) is 22.6 Å². The van der Waals surface area contributed by atoms with Gasteiger partial charge in [0.1, 0.15) is 5.69 Å². The molecule has 7 nitrogen and oxygen atoms in total. The maximum absolute atomic E-state index is 13.1. The van der Waals surface area contributed by atoms with E-state index in [1.165, 1.54) is 19.2 Å². The molecule has 2 aliphatic rings. The Morgan fingerprint density at radius 3 is 2.75 bits per heavy atom. The lowest BCUT2D eigenvalue weighted by Crippen LogP contribution is -2.65. The van der Waals surface area contributed by atoms with Crippen LogP contribution < -0.4 is 9.47 Å². The highest BCUT2D eigenvalue weighted by molar-refractivity contribution is 5.92. The van der Waals surface area contributed by atoms with E-state index in [4.69, 9.17) is 14.2 Å². The zero-order valence-electron chi connectivity index (χ0n) is 17.1. The first-order valence-electron chi connectivity index (χ1n) is 9.93. The number of carbonyl (C=O) groups excluding carboxylic acids is 1. The summed E-state index contributed by atoms with van der Waals surface area (Å²) in [5.74, 6) is -5.23. The van der Waals surface area contributed by atoms with Gasteiger partial charge in [0, 0.05) is 19.3 Å². The van der Waals surface area contributed by atoms with Gasteiger partial charge in [-0.15, -0.1) is 0 Å². The number of likely N-dealkylation sites (tertiary alicyclic amines) is 1. The zero-order valence-corrected chi connectivity index (χ0v) is 17.1. The fraction of sp³-hybridized carbons (Fsp3) is 0.476. The summed E-state index contributed by atoms with van der Waals surface area (Å²) < 4.78 is 66.4. The predicted molar refractivity (Wildman–Crippen MR) is 103 cm³/mol. The molecule has 172 valence electrons. The molecule has 0 aliphatic carbocycles. The number of hydrogen-bond donors (Lipinski definition) is 0. The largest absolute Gasteiger partial charge is 0.481 e. The van der Waals surface area contributed by atoms with E-state index in [2.05, 4.69) is 9.97 Å². The normalized spacial score (nSPS) is 22.8. The maximum atomic E-state index is 13.1. The van der Waals surface area contributed by atoms with Crippen LogP contribution in [0.2, 0.25) is 0 Å². The first-order chi connectivity index (χ1) is 15.3. The highest BCUT2D eigenvalue weighted by atomic mass is 19.3. The van der Waals surface area contributed by atoms with Crippen LogP contribution in [-0.2, 0) is 10.2 Å². The van der Waals surface area contributed by atoms with Crippen molar-refractivity contribution in [2.45, 2.75) is 30.3 Å². The van der Waals surface area contributed by atoms with Crippen molar-refractivity contribution in [1.29, 1.82) is 0 Å². The van der Waals surface area contributed by atoms with E-state index in [0.717, 1.165) is 5.69 Å². The molecular weight excluding hydrogens is 434 g/mol. The van der Waals surface area contributed by atoms with Crippen LogP contribution in [0.3, 0.4) is 0 Å². The lowest BCUT2D eigenvalue weighted by molar-refractivity contribution is -0.169. The third-order valence-electron chi connectivity index (χ3n) is 5.81. The highest BCUT2D eigenvalue weighted by Gasteiger charge is 2.54. The first kappa shape index (κ1) is 22.3. The quantitative estimate of drug-likeness (QED) is 0.598. The van der Waals surface area contributed by atoms with Crippen LogP contribution in [-0.4, -0.2) is 72.6 Å². The van der Waals surface area contributed by atoms with Gasteiger partial charge in [0.05, 0.1) is 30.9 Å². The fourth-order valence-corrected chi connectivity index (χ4v) is 3.90. The van der Waals surface area contributed by atoms with Crippen molar-refractivity contribution in [1.82, 2.24) is 14.9 Å². The predicted octanol–water partition coefficient (Wildman–Crippen LogP) is 2.95. The van der Waals surface area contributed by atoms with E-state index >= 15 is 0 Å². The molecule has 2 aliphatic heterocycles. The second-order valence-corrected chi connectivity index (χ2v) is 7.73. The van der Waals surface area contributed by atoms with Crippen molar-refractivity contribution in [3.8, 4) is 11.6 Å². The Bertz CT molecular complexity index is 979. The molecule has 11 heteroatoms. The second-order valence-electron chi connectivity index (χ2n) is 7.73. The molecule has 0 saturated carbocycles. The number of amides is 1. The van der Waals surface area contributed by atoms with Gasteiger partial charge in [0.15, 0.2) is 12.4 Å².